The molecule has 0 aliphatic carbocycles. The van der Waals surface area contributed by atoms with E-state index in [0.29, 0.717) is 12.5 Å². The topological polar surface area (TPSA) is 58.5 Å². The largest absolute Gasteiger partial charge is 1.00 e. The molecule has 2 aromatic heterocycles. The van der Waals surface area contributed by atoms with Crippen LogP contribution >= 0.6 is 0 Å². The maximum absolute atomic E-state index is 9.61. The summed E-state index contributed by atoms with van der Waals surface area (Å²) in [5.74, 6) is 1.39. The molecule has 0 saturated heterocycles. The minimum Gasteiger partial charge on any atom is -1.00 e. The average Bonchev–Trinajstić information content (AvgIpc) is 2.93. The third kappa shape index (κ3) is 4.45. The van der Waals surface area contributed by atoms with Crippen LogP contribution in [0.15, 0.2) is 30.5 Å². The lowest BCUT2D eigenvalue weighted by Crippen LogP contribution is -3.00. The number of hydrogen-bond donors (Lipinski definition) is 2. The maximum atomic E-state index is 9.61. The van der Waals surface area contributed by atoms with Crippen LogP contribution in [-0.2, 0) is 13.1 Å². The van der Waals surface area contributed by atoms with Crippen molar-refractivity contribution in [1.29, 1.82) is 0 Å². The van der Waals surface area contributed by atoms with Gasteiger partial charge in [0.15, 0.2) is 6.20 Å². The van der Waals surface area contributed by atoms with Crippen LogP contribution in [0.1, 0.15) is 26.0 Å². The molecule has 0 bridgehead atoms. The van der Waals surface area contributed by atoms with Gasteiger partial charge in [0.25, 0.3) is 0 Å². The molecule has 2 N–H and O–H groups in total. The predicted octanol–water partition coefficient (Wildman–Crippen LogP) is -0.196. The number of rotatable bonds is 8. The Bertz CT molecular complexity index is 905. The number of hydrogen-bond acceptors (Lipinski definition) is 3. The third-order valence-electron chi connectivity index (χ3n) is 4.90. The van der Waals surface area contributed by atoms with Gasteiger partial charge in [0.05, 0.1) is 18.7 Å². The van der Waals surface area contributed by atoms with E-state index in [-0.39, 0.29) is 36.8 Å². The molecule has 0 spiro atoms. The van der Waals surface area contributed by atoms with E-state index < -0.39 is 0 Å². The van der Waals surface area contributed by atoms with Crippen LogP contribution < -0.4 is 26.3 Å². The molecule has 27 heavy (non-hydrogen) atoms. The molecule has 0 amide bonds. The molecule has 5 nitrogen and oxygen atoms in total. The summed E-state index contributed by atoms with van der Waals surface area (Å²) in [4.78, 5) is 0. The highest BCUT2D eigenvalue weighted by atomic mass is 79.9. The number of aryl methyl sites for hydroxylation is 2. The Hall–Kier alpha value is -1.63. The Kier molecular flexibility index (Phi) is 7.65. The Balaban J connectivity index is 0.00000261. The van der Waals surface area contributed by atoms with Crippen LogP contribution in [-0.4, -0.2) is 34.6 Å². The smallest absolute Gasteiger partial charge is 0.202 e. The molecular weight excluding hydrogens is 408 g/mol. The van der Waals surface area contributed by atoms with Crippen LogP contribution in [0.5, 0.6) is 5.75 Å². The van der Waals surface area contributed by atoms with Gasteiger partial charge in [-0.3, -0.25) is 0 Å². The van der Waals surface area contributed by atoms with Crippen molar-refractivity contribution in [3.05, 3.63) is 36.2 Å². The molecule has 0 atom stereocenters. The molecule has 0 radical (unpaired) electrons. The van der Waals surface area contributed by atoms with Gasteiger partial charge in [0, 0.05) is 42.8 Å². The summed E-state index contributed by atoms with van der Waals surface area (Å²) < 4.78 is 10.1. The van der Waals surface area contributed by atoms with E-state index in [9.17, 15) is 5.11 Å². The van der Waals surface area contributed by atoms with E-state index in [1.807, 2.05) is 12.1 Å². The van der Waals surface area contributed by atoms with Gasteiger partial charge in [-0.2, -0.15) is 0 Å². The average molecular weight is 437 g/mol. The van der Waals surface area contributed by atoms with Gasteiger partial charge in [-0.15, -0.1) is 0 Å². The normalized spacial score (nSPS) is 11.3. The number of aliphatic hydroxyl groups is 2. The van der Waals surface area contributed by atoms with Crippen LogP contribution in [0.3, 0.4) is 0 Å². The first-order valence-corrected chi connectivity index (χ1v) is 9.36. The highest BCUT2D eigenvalue weighted by Gasteiger charge is 2.19. The van der Waals surface area contributed by atoms with Gasteiger partial charge < -0.3 is 36.5 Å². The predicted molar refractivity (Wildman–Crippen MR) is 103 cm³/mol. The van der Waals surface area contributed by atoms with E-state index >= 15 is 0 Å². The lowest BCUT2D eigenvalue weighted by Gasteiger charge is -2.09. The summed E-state index contributed by atoms with van der Waals surface area (Å²) in [6.07, 6.45) is 3.30. The van der Waals surface area contributed by atoms with Crippen molar-refractivity contribution in [1.82, 2.24) is 4.57 Å². The summed E-state index contributed by atoms with van der Waals surface area (Å²) in [6, 6.07) is 8.18. The van der Waals surface area contributed by atoms with Crippen molar-refractivity contribution < 1.29 is 36.5 Å². The van der Waals surface area contributed by atoms with E-state index in [1.54, 1.807) is 0 Å². The van der Waals surface area contributed by atoms with Crippen molar-refractivity contribution >= 4 is 21.8 Å². The fourth-order valence-electron chi connectivity index (χ4n) is 3.55. The molecule has 0 unspecified atom stereocenters. The minimum absolute atomic E-state index is 0. The van der Waals surface area contributed by atoms with Crippen molar-refractivity contribution in [2.24, 2.45) is 5.92 Å². The molecule has 0 aliphatic heterocycles. The Morgan fingerprint density at radius 1 is 1.11 bits per heavy atom. The standard InChI is InChI=1S/C21H29N2O3.BrH/c1-15(2)6-8-22-9-7-19-18-5-4-17(26-13-12-25)14-20(18)23(10-11-24)21(19)16(22)3;/h4-5,7,9,14-15,24-25H,6,8,10-13H2,1-3H3;1H/q+1;/p-1. The van der Waals surface area contributed by atoms with Gasteiger partial charge in [0.1, 0.15) is 24.4 Å². The molecule has 0 saturated carbocycles. The molecule has 6 heteroatoms. The number of fused-ring (bicyclic) bond motifs is 3. The van der Waals surface area contributed by atoms with Crippen LogP contribution in [0.2, 0.25) is 0 Å². The SMILES string of the molecule is Cc1c2c(cc[n+]1CCC(C)C)c1ccc(OCCO)cc1n2CCO.[Br-]. The zero-order valence-electron chi connectivity index (χ0n) is 16.3. The quantitative estimate of drug-likeness (QED) is 0.481. The van der Waals surface area contributed by atoms with E-state index in [1.165, 1.54) is 16.6 Å². The van der Waals surface area contributed by atoms with Crippen molar-refractivity contribution in [3.8, 4) is 5.75 Å². The fraction of sp³-hybridized carbons (Fsp3) is 0.476. The second kappa shape index (κ2) is 9.53. The van der Waals surface area contributed by atoms with Gasteiger partial charge in [-0.1, -0.05) is 13.8 Å². The first-order chi connectivity index (χ1) is 12.6. The number of benzene rings is 1. The monoisotopic (exact) mass is 436 g/mol. The number of aliphatic hydroxyl groups excluding tert-OH is 2. The second-order valence-corrected chi connectivity index (χ2v) is 7.17. The van der Waals surface area contributed by atoms with Crippen LogP contribution in [0, 0.1) is 12.8 Å². The lowest BCUT2D eigenvalue weighted by molar-refractivity contribution is -0.702. The Labute approximate surface area is 171 Å². The van der Waals surface area contributed by atoms with Gasteiger partial charge in [-0.25, -0.2) is 4.57 Å². The maximum Gasteiger partial charge on any atom is 0.202 e. The molecule has 3 rings (SSSR count). The fourth-order valence-corrected chi connectivity index (χ4v) is 3.55. The highest BCUT2D eigenvalue weighted by Crippen LogP contribution is 2.32. The number of nitrogens with zero attached hydrogens (tertiary/aromatic N) is 2. The zero-order valence-corrected chi connectivity index (χ0v) is 17.9. The van der Waals surface area contributed by atoms with Crippen molar-refractivity contribution in [2.75, 3.05) is 19.8 Å². The summed E-state index contributed by atoms with van der Waals surface area (Å²) >= 11 is 0. The molecular formula is C21H29BrN2O3. The number of pyridine rings is 1. The molecule has 148 valence electrons. The van der Waals surface area contributed by atoms with E-state index in [0.717, 1.165) is 29.6 Å². The van der Waals surface area contributed by atoms with E-state index in [4.69, 9.17) is 9.84 Å². The van der Waals surface area contributed by atoms with Crippen molar-refractivity contribution in [3.63, 3.8) is 0 Å². The number of aromatic nitrogens is 2. The molecule has 0 fully saturated rings. The van der Waals surface area contributed by atoms with Crippen molar-refractivity contribution in [2.45, 2.75) is 40.3 Å². The Morgan fingerprint density at radius 2 is 1.89 bits per heavy atom. The summed E-state index contributed by atoms with van der Waals surface area (Å²) in [6.45, 7) is 8.52. The molecule has 2 heterocycles. The summed E-state index contributed by atoms with van der Waals surface area (Å²) in [5.41, 5.74) is 3.43. The van der Waals surface area contributed by atoms with Crippen LogP contribution in [0.4, 0.5) is 0 Å². The molecule has 0 aliphatic rings. The number of halogens is 1. The summed E-state index contributed by atoms with van der Waals surface area (Å²) in [5, 5.41) is 20.9. The third-order valence-corrected chi connectivity index (χ3v) is 4.90. The van der Waals surface area contributed by atoms with Gasteiger partial charge in [0.2, 0.25) is 5.69 Å². The first kappa shape index (κ1) is 21.7. The van der Waals surface area contributed by atoms with Gasteiger partial charge in [-0.05, 0) is 18.1 Å². The van der Waals surface area contributed by atoms with Crippen LogP contribution in [0.25, 0.3) is 21.8 Å². The van der Waals surface area contributed by atoms with Gasteiger partial charge >= 0.3 is 0 Å². The number of ether oxygens (including phenoxy) is 1. The first-order valence-electron chi connectivity index (χ1n) is 9.36. The summed E-state index contributed by atoms with van der Waals surface area (Å²) in [7, 11) is 0. The molecule has 3 aromatic rings. The second-order valence-electron chi connectivity index (χ2n) is 7.17. The minimum atomic E-state index is -0.00732. The van der Waals surface area contributed by atoms with E-state index in [2.05, 4.69) is 48.2 Å². The zero-order chi connectivity index (χ0) is 18.7. The highest BCUT2D eigenvalue weighted by molar-refractivity contribution is 6.08. The lowest BCUT2D eigenvalue weighted by atomic mass is 10.1. The Morgan fingerprint density at radius 3 is 2.56 bits per heavy atom. The molecule has 1 aromatic carbocycles.